The summed E-state index contributed by atoms with van der Waals surface area (Å²) >= 11 is 0. The van der Waals surface area contributed by atoms with E-state index in [1.165, 1.54) is 5.56 Å². The highest BCUT2D eigenvalue weighted by Crippen LogP contribution is 2.49. The van der Waals surface area contributed by atoms with Crippen molar-refractivity contribution in [3.63, 3.8) is 0 Å². The van der Waals surface area contributed by atoms with Gasteiger partial charge in [0.2, 0.25) is 0 Å². The average Bonchev–Trinajstić information content (AvgIpc) is 3.31. The third kappa shape index (κ3) is 4.62. The number of guanidine groups is 1. The molecule has 0 unspecified atom stereocenters. The van der Waals surface area contributed by atoms with Gasteiger partial charge in [0, 0.05) is 31.2 Å². The lowest BCUT2D eigenvalue weighted by Gasteiger charge is -2.16. The molecule has 0 amide bonds. The Morgan fingerprint density at radius 2 is 2.12 bits per heavy atom. The van der Waals surface area contributed by atoms with E-state index >= 15 is 0 Å². The number of halogens is 1. The molecule has 1 saturated carbocycles. The Labute approximate surface area is 154 Å². The Bertz CT molecular complexity index is 748. The molecular formula is C20H28FN5. The fourth-order valence-corrected chi connectivity index (χ4v) is 3.16. The summed E-state index contributed by atoms with van der Waals surface area (Å²) in [6, 6.07) is 7.08. The maximum absolute atomic E-state index is 14.1. The van der Waals surface area contributed by atoms with E-state index in [2.05, 4.69) is 15.7 Å². The number of aliphatic imine (C=N–C) groups is 1. The number of aromatic nitrogens is 2. The van der Waals surface area contributed by atoms with Gasteiger partial charge in [-0.15, -0.1) is 0 Å². The van der Waals surface area contributed by atoms with E-state index in [0.717, 1.165) is 50.4 Å². The molecule has 1 fully saturated rings. The lowest BCUT2D eigenvalue weighted by Crippen LogP contribution is -2.38. The van der Waals surface area contributed by atoms with E-state index in [1.807, 2.05) is 43.1 Å². The van der Waals surface area contributed by atoms with Gasteiger partial charge < -0.3 is 10.6 Å². The van der Waals surface area contributed by atoms with Crippen LogP contribution in [0.25, 0.3) is 0 Å². The van der Waals surface area contributed by atoms with Gasteiger partial charge in [0.25, 0.3) is 0 Å². The zero-order chi connectivity index (χ0) is 18.4. The summed E-state index contributed by atoms with van der Waals surface area (Å²) in [4.78, 5) is 4.72. The van der Waals surface area contributed by atoms with Crippen molar-refractivity contribution in [2.75, 3.05) is 19.6 Å². The molecule has 6 heteroatoms. The molecule has 1 aliphatic rings. The van der Waals surface area contributed by atoms with E-state index in [4.69, 9.17) is 4.99 Å². The summed E-state index contributed by atoms with van der Waals surface area (Å²) in [6.45, 7) is 7.20. The standard InChI is InChI=1S/C20H28FN5/c1-3-22-19(23-11-6-12-26-14-16(2)13-25-26)24-15-20(9-10-20)17-7-4-5-8-18(17)21/h4-5,7-8,13-14H,3,6,9-12,15H2,1-2H3,(H2,22,23,24). The predicted octanol–water partition coefficient (Wildman–Crippen LogP) is 3.01. The molecule has 0 spiro atoms. The second-order valence-corrected chi connectivity index (χ2v) is 7.02. The molecule has 2 N–H and O–H groups in total. The first-order chi connectivity index (χ1) is 12.6. The van der Waals surface area contributed by atoms with E-state index in [0.29, 0.717) is 6.54 Å². The van der Waals surface area contributed by atoms with Crippen molar-refractivity contribution >= 4 is 5.96 Å². The number of hydrogen-bond donors (Lipinski definition) is 2. The number of nitrogens with zero attached hydrogens (tertiary/aromatic N) is 3. The maximum Gasteiger partial charge on any atom is 0.191 e. The summed E-state index contributed by atoms with van der Waals surface area (Å²) in [6.07, 6.45) is 6.87. The second-order valence-electron chi connectivity index (χ2n) is 7.02. The molecule has 0 saturated heterocycles. The minimum Gasteiger partial charge on any atom is -0.357 e. The van der Waals surface area contributed by atoms with Gasteiger partial charge in [-0.05, 0) is 50.3 Å². The van der Waals surface area contributed by atoms with E-state index in [-0.39, 0.29) is 11.2 Å². The van der Waals surface area contributed by atoms with Crippen molar-refractivity contribution in [2.45, 2.75) is 45.1 Å². The van der Waals surface area contributed by atoms with Gasteiger partial charge in [0.15, 0.2) is 5.96 Å². The fourth-order valence-electron chi connectivity index (χ4n) is 3.16. The molecule has 26 heavy (non-hydrogen) atoms. The zero-order valence-corrected chi connectivity index (χ0v) is 15.6. The number of nitrogens with one attached hydrogen (secondary N) is 2. The molecule has 0 radical (unpaired) electrons. The fraction of sp³-hybridized carbons (Fsp3) is 0.500. The van der Waals surface area contributed by atoms with Crippen LogP contribution in [0.3, 0.4) is 0 Å². The van der Waals surface area contributed by atoms with Crippen LogP contribution in [0.15, 0.2) is 41.7 Å². The molecule has 3 rings (SSSR count). The van der Waals surface area contributed by atoms with Crippen molar-refractivity contribution < 1.29 is 4.39 Å². The number of rotatable bonds is 8. The minimum absolute atomic E-state index is 0.118. The highest BCUT2D eigenvalue weighted by Gasteiger charge is 2.45. The molecule has 140 valence electrons. The third-order valence-corrected chi connectivity index (χ3v) is 4.80. The van der Waals surface area contributed by atoms with Crippen LogP contribution >= 0.6 is 0 Å². The molecule has 1 aromatic carbocycles. The van der Waals surface area contributed by atoms with E-state index in [1.54, 1.807) is 12.1 Å². The van der Waals surface area contributed by atoms with Crippen molar-refractivity contribution in [1.82, 2.24) is 20.4 Å². The first-order valence-corrected chi connectivity index (χ1v) is 9.39. The topological polar surface area (TPSA) is 54.2 Å². The summed E-state index contributed by atoms with van der Waals surface area (Å²) < 4.78 is 16.1. The predicted molar refractivity (Wildman–Crippen MR) is 103 cm³/mol. The Hall–Kier alpha value is -2.37. The molecule has 1 heterocycles. The Morgan fingerprint density at radius 1 is 1.31 bits per heavy atom. The van der Waals surface area contributed by atoms with Crippen LogP contribution < -0.4 is 10.6 Å². The third-order valence-electron chi connectivity index (χ3n) is 4.80. The smallest absolute Gasteiger partial charge is 0.191 e. The maximum atomic E-state index is 14.1. The van der Waals surface area contributed by atoms with Gasteiger partial charge in [-0.25, -0.2) is 4.39 Å². The van der Waals surface area contributed by atoms with Crippen molar-refractivity contribution in [3.8, 4) is 0 Å². The van der Waals surface area contributed by atoms with Gasteiger partial charge in [-0.1, -0.05) is 18.2 Å². The highest BCUT2D eigenvalue weighted by atomic mass is 19.1. The summed E-state index contributed by atoms with van der Waals surface area (Å²) in [7, 11) is 0. The minimum atomic E-state index is -0.125. The molecule has 5 nitrogen and oxygen atoms in total. The van der Waals surface area contributed by atoms with Gasteiger partial charge in [0.1, 0.15) is 5.82 Å². The van der Waals surface area contributed by atoms with Crippen LogP contribution in [-0.2, 0) is 12.0 Å². The Morgan fingerprint density at radius 3 is 2.77 bits per heavy atom. The van der Waals surface area contributed by atoms with E-state index in [9.17, 15) is 4.39 Å². The number of hydrogen-bond acceptors (Lipinski definition) is 2. The first-order valence-electron chi connectivity index (χ1n) is 9.39. The highest BCUT2D eigenvalue weighted by molar-refractivity contribution is 5.79. The monoisotopic (exact) mass is 357 g/mol. The number of aryl methyl sites for hydroxylation is 2. The van der Waals surface area contributed by atoms with Crippen LogP contribution in [0.5, 0.6) is 0 Å². The van der Waals surface area contributed by atoms with Crippen LogP contribution in [0.4, 0.5) is 4.39 Å². The molecule has 0 atom stereocenters. The first kappa shape index (κ1) is 18.4. The largest absolute Gasteiger partial charge is 0.357 e. The molecule has 1 aromatic heterocycles. The van der Waals surface area contributed by atoms with Gasteiger partial charge >= 0.3 is 0 Å². The second kappa shape index (κ2) is 8.34. The zero-order valence-electron chi connectivity index (χ0n) is 15.6. The lowest BCUT2D eigenvalue weighted by molar-refractivity contribution is 0.565. The van der Waals surface area contributed by atoms with Crippen LogP contribution in [0.2, 0.25) is 0 Å². The quantitative estimate of drug-likeness (QED) is 0.434. The Balaban J connectivity index is 1.53. The van der Waals surface area contributed by atoms with Crippen molar-refractivity contribution in [2.24, 2.45) is 4.99 Å². The summed E-state index contributed by atoms with van der Waals surface area (Å²) in [5.41, 5.74) is 1.85. The summed E-state index contributed by atoms with van der Waals surface area (Å²) in [5, 5.41) is 10.9. The van der Waals surface area contributed by atoms with Gasteiger partial charge in [-0.2, -0.15) is 5.10 Å². The SMILES string of the molecule is CCNC(=NCC1(c2ccccc2F)CC1)NCCCn1cc(C)cn1. The van der Waals surface area contributed by atoms with Crippen LogP contribution in [0.1, 0.15) is 37.3 Å². The Kier molecular flexibility index (Phi) is 5.91. The average molecular weight is 357 g/mol. The van der Waals surface area contributed by atoms with Crippen molar-refractivity contribution in [1.29, 1.82) is 0 Å². The lowest BCUT2D eigenvalue weighted by atomic mass is 9.95. The van der Waals surface area contributed by atoms with E-state index < -0.39 is 0 Å². The summed E-state index contributed by atoms with van der Waals surface area (Å²) in [5.74, 6) is 0.680. The van der Waals surface area contributed by atoms with Crippen molar-refractivity contribution in [3.05, 3.63) is 53.6 Å². The molecular weight excluding hydrogens is 329 g/mol. The van der Waals surface area contributed by atoms with Gasteiger partial charge in [-0.3, -0.25) is 9.67 Å². The number of benzene rings is 1. The molecule has 1 aliphatic carbocycles. The van der Waals surface area contributed by atoms with Crippen LogP contribution in [-0.4, -0.2) is 35.4 Å². The normalized spacial score (nSPS) is 15.7. The van der Waals surface area contributed by atoms with Crippen LogP contribution in [0, 0.1) is 12.7 Å². The molecule has 2 aromatic rings. The molecule has 0 bridgehead atoms. The van der Waals surface area contributed by atoms with Gasteiger partial charge in [0.05, 0.1) is 12.7 Å². The molecule has 0 aliphatic heterocycles.